The van der Waals surface area contributed by atoms with E-state index in [1.54, 1.807) is 6.26 Å². The van der Waals surface area contributed by atoms with Gasteiger partial charge in [-0.25, -0.2) is 0 Å². The molecular formula is C14H23NO3. The molecule has 0 saturated carbocycles. The average Bonchev–Trinajstić information content (AvgIpc) is 2.73. The molecule has 0 spiro atoms. The molecule has 102 valence electrons. The normalized spacial score (nSPS) is 11.5. The number of amides is 1. The summed E-state index contributed by atoms with van der Waals surface area (Å²) < 4.78 is 10.6. The van der Waals surface area contributed by atoms with Crippen molar-refractivity contribution >= 4 is 5.91 Å². The molecule has 0 fully saturated rings. The smallest absolute Gasteiger partial charge is 0.220 e. The molecular weight excluding hydrogens is 230 g/mol. The van der Waals surface area contributed by atoms with Gasteiger partial charge in [0.05, 0.1) is 6.26 Å². The third-order valence-corrected chi connectivity index (χ3v) is 2.30. The van der Waals surface area contributed by atoms with Gasteiger partial charge in [0.15, 0.2) is 0 Å². The monoisotopic (exact) mass is 253 g/mol. The first-order valence-corrected chi connectivity index (χ1v) is 6.34. The number of ether oxygens (including phenoxy) is 1. The van der Waals surface area contributed by atoms with Crippen LogP contribution in [0.25, 0.3) is 0 Å². The maximum absolute atomic E-state index is 11.5. The molecule has 1 amide bonds. The molecule has 4 heteroatoms. The molecule has 0 atom stereocenters. The lowest BCUT2D eigenvalue weighted by Crippen LogP contribution is -2.28. The topological polar surface area (TPSA) is 51.5 Å². The van der Waals surface area contributed by atoms with Crippen molar-refractivity contribution in [2.45, 2.75) is 40.2 Å². The Balaban J connectivity index is 1.97. The van der Waals surface area contributed by atoms with E-state index in [9.17, 15) is 4.79 Å². The Morgan fingerprint density at radius 1 is 1.44 bits per heavy atom. The molecule has 0 aliphatic carbocycles. The first kappa shape index (κ1) is 14.8. The minimum atomic E-state index is 0.0415. The SMILES string of the molecule is CC(C)(C)CC(=O)NCCCOCc1ccco1. The second-order valence-electron chi connectivity index (χ2n) is 5.57. The molecule has 1 N–H and O–H groups in total. The lowest BCUT2D eigenvalue weighted by molar-refractivity contribution is -0.122. The van der Waals surface area contributed by atoms with E-state index in [4.69, 9.17) is 9.15 Å². The highest BCUT2D eigenvalue weighted by Gasteiger charge is 2.15. The fourth-order valence-corrected chi connectivity index (χ4v) is 1.51. The van der Waals surface area contributed by atoms with E-state index < -0.39 is 0 Å². The van der Waals surface area contributed by atoms with Crippen LogP contribution in [0.15, 0.2) is 22.8 Å². The van der Waals surface area contributed by atoms with Gasteiger partial charge >= 0.3 is 0 Å². The van der Waals surface area contributed by atoms with Gasteiger partial charge in [0.1, 0.15) is 12.4 Å². The molecule has 0 unspecified atom stereocenters. The molecule has 0 radical (unpaired) electrons. The summed E-state index contributed by atoms with van der Waals surface area (Å²) in [6.45, 7) is 7.93. The van der Waals surface area contributed by atoms with Crippen LogP contribution in [0.4, 0.5) is 0 Å². The second-order valence-corrected chi connectivity index (χ2v) is 5.57. The number of rotatable bonds is 7. The van der Waals surface area contributed by atoms with Crippen LogP contribution >= 0.6 is 0 Å². The zero-order valence-electron chi connectivity index (χ0n) is 11.5. The lowest BCUT2D eigenvalue weighted by Gasteiger charge is -2.17. The van der Waals surface area contributed by atoms with Gasteiger partial charge in [0.25, 0.3) is 0 Å². The van der Waals surface area contributed by atoms with Crippen LogP contribution in [0.1, 0.15) is 39.4 Å². The quantitative estimate of drug-likeness (QED) is 0.760. The number of nitrogens with one attached hydrogen (secondary N) is 1. The maximum Gasteiger partial charge on any atom is 0.220 e. The first-order valence-electron chi connectivity index (χ1n) is 6.34. The molecule has 0 bridgehead atoms. The highest BCUT2D eigenvalue weighted by Crippen LogP contribution is 2.17. The van der Waals surface area contributed by atoms with Crippen LogP contribution in [0, 0.1) is 5.41 Å². The second kappa shape index (κ2) is 7.21. The van der Waals surface area contributed by atoms with Crippen LogP contribution in [-0.2, 0) is 16.1 Å². The average molecular weight is 253 g/mol. The molecule has 4 nitrogen and oxygen atoms in total. The van der Waals surface area contributed by atoms with Crippen molar-refractivity contribution in [1.82, 2.24) is 5.32 Å². The summed E-state index contributed by atoms with van der Waals surface area (Å²) in [4.78, 5) is 11.5. The van der Waals surface area contributed by atoms with Gasteiger partial charge in [-0.15, -0.1) is 0 Å². The summed E-state index contributed by atoms with van der Waals surface area (Å²) in [6, 6.07) is 3.72. The number of furan rings is 1. The number of hydrogen-bond donors (Lipinski definition) is 1. The third kappa shape index (κ3) is 7.12. The minimum Gasteiger partial charge on any atom is -0.467 e. The van der Waals surface area contributed by atoms with Crippen molar-refractivity contribution in [3.63, 3.8) is 0 Å². The molecule has 0 aromatic carbocycles. The highest BCUT2D eigenvalue weighted by atomic mass is 16.5. The Morgan fingerprint density at radius 3 is 2.83 bits per heavy atom. The van der Waals surface area contributed by atoms with Crippen LogP contribution < -0.4 is 5.32 Å². The fraction of sp³-hybridized carbons (Fsp3) is 0.643. The van der Waals surface area contributed by atoms with E-state index in [1.807, 2.05) is 12.1 Å². The Labute approximate surface area is 109 Å². The van der Waals surface area contributed by atoms with Crippen molar-refractivity contribution in [2.75, 3.05) is 13.2 Å². The summed E-state index contributed by atoms with van der Waals surface area (Å²) >= 11 is 0. The van der Waals surface area contributed by atoms with Crippen molar-refractivity contribution in [3.8, 4) is 0 Å². The van der Waals surface area contributed by atoms with Gasteiger partial charge in [0.2, 0.25) is 5.91 Å². The van der Waals surface area contributed by atoms with E-state index >= 15 is 0 Å². The summed E-state index contributed by atoms with van der Waals surface area (Å²) in [5, 5.41) is 2.89. The Kier molecular flexibility index (Phi) is 5.92. The summed E-state index contributed by atoms with van der Waals surface area (Å²) in [5.74, 6) is 0.931. The Bertz CT molecular complexity index is 338. The fourth-order valence-electron chi connectivity index (χ4n) is 1.51. The van der Waals surface area contributed by atoms with Crippen LogP contribution in [0.5, 0.6) is 0 Å². The van der Waals surface area contributed by atoms with E-state index in [-0.39, 0.29) is 11.3 Å². The number of carbonyl (C=O) groups excluding carboxylic acids is 1. The molecule has 1 aromatic rings. The van der Waals surface area contributed by atoms with Gasteiger partial charge in [-0.3, -0.25) is 4.79 Å². The first-order chi connectivity index (χ1) is 8.47. The third-order valence-electron chi connectivity index (χ3n) is 2.30. The zero-order chi connectivity index (χ0) is 13.4. The highest BCUT2D eigenvalue weighted by molar-refractivity contribution is 5.76. The van der Waals surface area contributed by atoms with Crippen molar-refractivity contribution in [1.29, 1.82) is 0 Å². The maximum atomic E-state index is 11.5. The summed E-state index contributed by atoms with van der Waals surface area (Å²) in [5.41, 5.74) is 0.0415. The standard InChI is InChI=1S/C14H23NO3/c1-14(2,3)10-13(16)15-7-5-8-17-11-12-6-4-9-18-12/h4,6,9H,5,7-8,10-11H2,1-3H3,(H,15,16). The van der Waals surface area contributed by atoms with Gasteiger partial charge in [-0.2, -0.15) is 0 Å². The van der Waals surface area contributed by atoms with Crippen LogP contribution in [0.2, 0.25) is 0 Å². The predicted octanol–water partition coefficient (Wildman–Crippen LogP) is 2.74. The van der Waals surface area contributed by atoms with Gasteiger partial charge < -0.3 is 14.5 Å². The molecule has 0 saturated heterocycles. The Morgan fingerprint density at radius 2 is 2.22 bits per heavy atom. The van der Waals surface area contributed by atoms with Crippen LogP contribution in [-0.4, -0.2) is 19.1 Å². The van der Waals surface area contributed by atoms with Crippen LogP contribution in [0.3, 0.4) is 0 Å². The van der Waals surface area contributed by atoms with Gasteiger partial charge in [-0.05, 0) is 24.0 Å². The minimum absolute atomic E-state index is 0.0415. The summed E-state index contributed by atoms with van der Waals surface area (Å²) in [6.07, 6.45) is 3.00. The lowest BCUT2D eigenvalue weighted by atomic mass is 9.92. The zero-order valence-corrected chi connectivity index (χ0v) is 11.5. The van der Waals surface area contributed by atoms with E-state index in [1.165, 1.54) is 0 Å². The molecule has 1 rings (SSSR count). The molecule has 0 aliphatic heterocycles. The van der Waals surface area contributed by atoms with Crippen molar-refractivity contribution < 1.29 is 13.9 Å². The van der Waals surface area contributed by atoms with Crippen molar-refractivity contribution in [3.05, 3.63) is 24.2 Å². The van der Waals surface area contributed by atoms with Crippen molar-refractivity contribution in [2.24, 2.45) is 5.41 Å². The number of hydrogen-bond acceptors (Lipinski definition) is 3. The van der Waals surface area contributed by atoms with Gasteiger partial charge in [0, 0.05) is 19.6 Å². The van der Waals surface area contributed by atoms with E-state index in [0.717, 1.165) is 12.2 Å². The molecule has 0 aliphatic rings. The number of carbonyl (C=O) groups is 1. The van der Waals surface area contributed by atoms with Gasteiger partial charge in [-0.1, -0.05) is 20.8 Å². The molecule has 1 aromatic heterocycles. The molecule has 1 heterocycles. The largest absolute Gasteiger partial charge is 0.467 e. The van der Waals surface area contributed by atoms with E-state index in [0.29, 0.717) is 26.2 Å². The summed E-state index contributed by atoms with van der Waals surface area (Å²) in [7, 11) is 0. The molecule has 18 heavy (non-hydrogen) atoms. The predicted molar refractivity (Wildman–Crippen MR) is 70.1 cm³/mol. The Hall–Kier alpha value is -1.29. The van der Waals surface area contributed by atoms with E-state index in [2.05, 4.69) is 26.1 Å².